The number of hydrogen-bond donors (Lipinski definition) is 0. The van der Waals surface area contributed by atoms with Crippen LogP contribution in [0.5, 0.6) is 0 Å². The summed E-state index contributed by atoms with van der Waals surface area (Å²) in [5.41, 5.74) is 0.834. The van der Waals surface area contributed by atoms with E-state index >= 15 is 0 Å². The van der Waals surface area contributed by atoms with Crippen molar-refractivity contribution in [1.29, 1.82) is 0 Å². The van der Waals surface area contributed by atoms with Crippen LogP contribution in [0.3, 0.4) is 0 Å². The summed E-state index contributed by atoms with van der Waals surface area (Å²) in [6.45, 7) is 0. The molecular formula is C16H19ClF2N2. The maximum atomic E-state index is 14.0. The maximum absolute atomic E-state index is 14.0. The first-order chi connectivity index (χ1) is 10.2. The summed E-state index contributed by atoms with van der Waals surface area (Å²) in [5.74, 6) is 0.0666. The minimum Gasteiger partial charge on any atom is -0.325 e. The Hall–Kier alpha value is -1.16. The van der Waals surface area contributed by atoms with Gasteiger partial charge in [-0.05, 0) is 18.9 Å². The van der Waals surface area contributed by atoms with Crippen LogP contribution in [0.1, 0.15) is 50.4 Å². The summed E-state index contributed by atoms with van der Waals surface area (Å²) in [6, 6.07) is 2.57. The van der Waals surface area contributed by atoms with Crippen LogP contribution in [-0.4, -0.2) is 15.4 Å². The van der Waals surface area contributed by atoms with Gasteiger partial charge >= 0.3 is 0 Å². The van der Waals surface area contributed by atoms with E-state index in [2.05, 4.69) is 4.98 Å². The highest BCUT2D eigenvalue weighted by Gasteiger charge is 2.22. The smallest absolute Gasteiger partial charge is 0.153 e. The van der Waals surface area contributed by atoms with Gasteiger partial charge in [-0.3, -0.25) is 0 Å². The Bertz CT molecular complexity index is 631. The molecule has 0 radical (unpaired) electrons. The highest BCUT2D eigenvalue weighted by atomic mass is 35.5. The van der Waals surface area contributed by atoms with Crippen molar-refractivity contribution < 1.29 is 8.78 Å². The molecule has 0 atom stereocenters. The molecule has 1 aliphatic rings. The van der Waals surface area contributed by atoms with Crippen LogP contribution in [0.15, 0.2) is 12.1 Å². The molecule has 2 nitrogen and oxygen atoms in total. The molecule has 114 valence electrons. The molecule has 0 aliphatic heterocycles. The lowest BCUT2D eigenvalue weighted by atomic mass is 10.1. The number of nitrogens with zero attached hydrogens (tertiary/aromatic N) is 2. The number of aromatic nitrogens is 2. The van der Waals surface area contributed by atoms with E-state index in [1.54, 1.807) is 0 Å². The Kier molecular flexibility index (Phi) is 4.43. The minimum absolute atomic E-state index is 0.265. The van der Waals surface area contributed by atoms with E-state index in [1.165, 1.54) is 18.9 Å². The van der Waals surface area contributed by atoms with Gasteiger partial charge in [-0.15, -0.1) is 11.6 Å². The van der Waals surface area contributed by atoms with E-state index < -0.39 is 11.6 Å². The molecule has 1 aromatic carbocycles. The van der Waals surface area contributed by atoms with Crippen molar-refractivity contribution in [2.75, 3.05) is 5.88 Å². The van der Waals surface area contributed by atoms with Crippen LogP contribution in [0.25, 0.3) is 11.0 Å². The van der Waals surface area contributed by atoms with Gasteiger partial charge in [0.15, 0.2) is 5.82 Å². The fourth-order valence-corrected chi connectivity index (χ4v) is 3.52. The molecule has 1 aliphatic carbocycles. The first kappa shape index (κ1) is 14.8. The van der Waals surface area contributed by atoms with E-state index in [1.807, 2.05) is 4.57 Å². The van der Waals surface area contributed by atoms with Crippen molar-refractivity contribution in [2.45, 2.75) is 51.0 Å². The number of imidazole rings is 1. The number of aryl methyl sites for hydroxylation is 1. The first-order valence-corrected chi connectivity index (χ1v) is 8.16. The Morgan fingerprint density at radius 3 is 2.52 bits per heavy atom. The fraction of sp³-hybridized carbons (Fsp3) is 0.562. The number of fused-ring (bicyclic) bond motifs is 1. The van der Waals surface area contributed by atoms with Gasteiger partial charge in [0.05, 0.1) is 5.52 Å². The average Bonchev–Trinajstić information content (AvgIpc) is 2.63. The lowest BCUT2D eigenvalue weighted by Gasteiger charge is -2.20. The molecule has 2 aromatic rings. The van der Waals surface area contributed by atoms with Gasteiger partial charge in [-0.1, -0.05) is 25.7 Å². The molecule has 3 rings (SSSR count). The summed E-state index contributed by atoms with van der Waals surface area (Å²) in [5, 5.41) is 0. The minimum atomic E-state index is -0.590. The molecule has 0 spiro atoms. The van der Waals surface area contributed by atoms with Crippen molar-refractivity contribution in [2.24, 2.45) is 0 Å². The van der Waals surface area contributed by atoms with Crippen LogP contribution in [-0.2, 0) is 6.42 Å². The summed E-state index contributed by atoms with van der Waals surface area (Å²) in [6.07, 6.45) is 7.43. The molecule has 5 heteroatoms. The van der Waals surface area contributed by atoms with Crippen molar-refractivity contribution in [3.8, 4) is 0 Å². The quantitative estimate of drug-likeness (QED) is 0.576. The molecule has 1 aromatic heterocycles. The second-order valence-electron chi connectivity index (χ2n) is 5.74. The van der Waals surface area contributed by atoms with Gasteiger partial charge < -0.3 is 4.57 Å². The van der Waals surface area contributed by atoms with E-state index in [0.29, 0.717) is 17.8 Å². The zero-order valence-electron chi connectivity index (χ0n) is 11.9. The Labute approximate surface area is 128 Å². The second kappa shape index (κ2) is 6.30. The van der Waals surface area contributed by atoms with Crippen LogP contribution < -0.4 is 0 Å². The topological polar surface area (TPSA) is 17.8 Å². The molecule has 0 amide bonds. The number of benzene rings is 1. The average molecular weight is 313 g/mol. The lowest BCUT2D eigenvalue weighted by Crippen LogP contribution is -2.12. The van der Waals surface area contributed by atoms with Crippen LogP contribution >= 0.6 is 11.6 Å². The van der Waals surface area contributed by atoms with E-state index in [0.717, 1.165) is 37.6 Å². The van der Waals surface area contributed by atoms with Gasteiger partial charge in [0.2, 0.25) is 0 Å². The molecule has 1 saturated carbocycles. The molecule has 0 unspecified atom stereocenters. The predicted molar refractivity (Wildman–Crippen MR) is 80.8 cm³/mol. The molecule has 0 N–H and O–H groups in total. The highest BCUT2D eigenvalue weighted by molar-refractivity contribution is 6.17. The molecule has 0 bridgehead atoms. The summed E-state index contributed by atoms with van der Waals surface area (Å²) < 4.78 is 29.6. The van der Waals surface area contributed by atoms with Crippen molar-refractivity contribution >= 4 is 22.6 Å². The third kappa shape index (κ3) is 2.91. The Balaban J connectivity index is 2.14. The van der Waals surface area contributed by atoms with Crippen molar-refractivity contribution in [3.05, 3.63) is 29.6 Å². The standard InChI is InChI=1S/C16H19ClF2N2/c17-8-7-15-20-16-13(19)9-11(18)10-14(16)21(15)12-5-3-1-2-4-6-12/h9-10,12H,1-8H2. The summed E-state index contributed by atoms with van der Waals surface area (Å²) in [4.78, 5) is 4.39. The van der Waals surface area contributed by atoms with Crippen LogP contribution in [0.4, 0.5) is 8.78 Å². The lowest BCUT2D eigenvalue weighted by molar-refractivity contribution is 0.441. The Morgan fingerprint density at radius 1 is 1.14 bits per heavy atom. The van der Waals surface area contributed by atoms with Gasteiger partial charge in [0.1, 0.15) is 17.2 Å². The second-order valence-corrected chi connectivity index (χ2v) is 6.12. The van der Waals surface area contributed by atoms with Gasteiger partial charge in [-0.25, -0.2) is 13.8 Å². The van der Waals surface area contributed by atoms with Gasteiger partial charge in [-0.2, -0.15) is 0 Å². The van der Waals surface area contributed by atoms with Gasteiger partial charge in [0, 0.05) is 24.4 Å². The van der Waals surface area contributed by atoms with Crippen molar-refractivity contribution in [1.82, 2.24) is 9.55 Å². The number of hydrogen-bond acceptors (Lipinski definition) is 1. The SMILES string of the molecule is Fc1cc(F)c2nc(CCCl)n(C3CCCCCC3)c2c1. The summed E-state index contributed by atoms with van der Waals surface area (Å²) >= 11 is 5.86. The zero-order valence-corrected chi connectivity index (χ0v) is 12.7. The normalized spacial score (nSPS) is 17.3. The maximum Gasteiger partial charge on any atom is 0.153 e. The molecule has 1 fully saturated rings. The molecule has 21 heavy (non-hydrogen) atoms. The zero-order chi connectivity index (χ0) is 14.8. The summed E-state index contributed by atoms with van der Waals surface area (Å²) in [7, 11) is 0. The molecule has 0 saturated heterocycles. The first-order valence-electron chi connectivity index (χ1n) is 7.62. The molecular weight excluding hydrogens is 294 g/mol. The van der Waals surface area contributed by atoms with Crippen LogP contribution in [0.2, 0.25) is 0 Å². The van der Waals surface area contributed by atoms with E-state index in [-0.39, 0.29) is 11.6 Å². The van der Waals surface area contributed by atoms with E-state index in [4.69, 9.17) is 11.6 Å². The van der Waals surface area contributed by atoms with Gasteiger partial charge in [0.25, 0.3) is 0 Å². The Morgan fingerprint density at radius 2 is 1.86 bits per heavy atom. The number of halogens is 3. The monoisotopic (exact) mass is 312 g/mol. The third-order valence-electron chi connectivity index (χ3n) is 4.29. The highest BCUT2D eigenvalue weighted by Crippen LogP contribution is 2.33. The predicted octanol–water partition coefficient (Wildman–Crippen LogP) is 4.99. The van der Waals surface area contributed by atoms with Crippen molar-refractivity contribution in [3.63, 3.8) is 0 Å². The van der Waals surface area contributed by atoms with E-state index in [9.17, 15) is 8.78 Å². The largest absolute Gasteiger partial charge is 0.325 e. The fourth-order valence-electron chi connectivity index (χ4n) is 3.35. The molecule has 1 heterocycles. The number of alkyl halides is 1. The third-order valence-corrected chi connectivity index (χ3v) is 4.48. The number of rotatable bonds is 3. The van der Waals surface area contributed by atoms with Crippen LogP contribution in [0, 0.1) is 11.6 Å².